The van der Waals surface area contributed by atoms with E-state index >= 15 is 0 Å². The van der Waals surface area contributed by atoms with E-state index in [1.165, 1.54) is 0 Å². The van der Waals surface area contributed by atoms with Crippen molar-refractivity contribution in [3.05, 3.63) is 72.1 Å². The summed E-state index contributed by atoms with van der Waals surface area (Å²) in [6.07, 6.45) is 1.68. The van der Waals surface area contributed by atoms with E-state index in [0.717, 1.165) is 5.69 Å². The maximum Gasteiger partial charge on any atom is 0.251 e. The highest BCUT2D eigenvalue weighted by atomic mass is 16.2. The van der Waals surface area contributed by atoms with Crippen LogP contribution in [0.2, 0.25) is 0 Å². The van der Waals surface area contributed by atoms with Gasteiger partial charge in [-0.05, 0) is 30.2 Å². The summed E-state index contributed by atoms with van der Waals surface area (Å²) in [6.45, 7) is 9.96. The fourth-order valence-corrected chi connectivity index (χ4v) is 3.04. The minimum atomic E-state index is -0.710. The average molecular weight is 420 g/mol. The van der Waals surface area contributed by atoms with Crippen LogP contribution in [0.15, 0.2) is 60.8 Å². The standard InChI is InChI=1S/C24H29N5O2/c1-16(2)21(27-22(30)17-11-7-6-8-12-17)23(31)26-20-15-18(24(3,4)5)28-29(20)19-13-9-10-14-25-19/h6-16,21H,1-5H3,(H,26,31)(H,27,30). The second-order valence-electron chi connectivity index (χ2n) is 8.81. The van der Waals surface area contributed by atoms with Crippen LogP contribution >= 0.6 is 0 Å². The molecule has 0 aliphatic rings. The number of hydrogen-bond acceptors (Lipinski definition) is 4. The summed E-state index contributed by atoms with van der Waals surface area (Å²) < 4.78 is 1.62. The van der Waals surface area contributed by atoms with E-state index < -0.39 is 6.04 Å². The first-order chi connectivity index (χ1) is 14.7. The lowest BCUT2D eigenvalue weighted by atomic mass is 9.92. The van der Waals surface area contributed by atoms with Crippen LogP contribution in [0.1, 0.15) is 50.7 Å². The first-order valence-corrected chi connectivity index (χ1v) is 10.4. The minimum absolute atomic E-state index is 0.110. The molecule has 2 heterocycles. The number of amides is 2. The summed E-state index contributed by atoms with van der Waals surface area (Å²) in [5.74, 6) is 0.400. The topological polar surface area (TPSA) is 88.9 Å². The Morgan fingerprint density at radius 3 is 2.26 bits per heavy atom. The molecule has 162 valence electrons. The molecule has 2 amide bonds. The molecule has 0 bridgehead atoms. The highest BCUT2D eigenvalue weighted by molar-refractivity contribution is 6.01. The molecule has 0 aliphatic heterocycles. The second-order valence-corrected chi connectivity index (χ2v) is 8.81. The predicted molar refractivity (Wildman–Crippen MR) is 121 cm³/mol. The van der Waals surface area contributed by atoms with Gasteiger partial charge in [-0.2, -0.15) is 9.78 Å². The molecule has 0 saturated heterocycles. The number of aromatic nitrogens is 3. The summed E-state index contributed by atoms with van der Waals surface area (Å²) in [4.78, 5) is 30.2. The lowest BCUT2D eigenvalue weighted by molar-refractivity contribution is -0.118. The Labute approximate surface area is 182 Å². The number of hydrogen-bond donors (Lipinski definition) is 2. The predicted octanol–water partition coefficient (Wildman–Crippen LogP) is 3.96. The molecule has 31 heavy (non-hydrogen) atoms. The van der Waals surface area contributed by atoms with Crippen LogP contribution in [0.4, 0.5) is 5.82 Å². The average Bonchev–Trinajstić information content (AvgIpc) is 3.17. The van der Waals surface area contributed by atoms with Crippen molar-refractivity contribution in [3.63, 3.8) is 0 Å². The van der Waals surface area contributed by atoms with Crippen LogP contribution in [-0.2, 0) is 10.2 Å². The fraction of sp³-hybridized carbons (Fsp3) is 0.333. The van der Waals surface area contributed by atoms with E-state index in [1.54, 1.807) is 35.1 Å². The van der Waals surface area contributed by atoms with Gasteiger partial charge in [-0.25, -0.2) is 4.98 Å². The second kappa shape index (κ2) is 9.12. The van der Waals surface area contributed by atoms with Crippen LogP contribution < -0.4 is 10.6 Å². The molecule has 0 spiro atoms. The molecule has 1 aromatic carbocycles. The summed E-state index contributed by atoms with van der Waals surface area (Å²) in [6, 6.07) is 15.5. The number of anilines is 1. The van der Waals surface area contributed by atoms with Gasteiger partial charge in [-0.3, -0.25) is 9.59 Å². The molecule has 2 aromatic heterocycles. The Bertz CT molecular complexity index is 1040. The van der Waals surface area contributed by atoms with Crippen molar-refractivity contribution >= 4 is 17.6 Å². The summed E-state index contributed by atoms with van der Waals surface area (Å²) in [7, 11) is 0. The van der Waals surface area contributed by atoms with Crippen molar-refractivity contribution in [1.82, 2.24) is 20.1 Å². The molecular weight excluding hydrogens is 390 g/mol. The Kier molecular flexibility index (Phi) is 6.53. The van der Waals surface area contributed by atoms with Crippen LogP contribution in [-0.4, -0.2) is 32.6 Å². The van der Waals surface area contributed by atoms with Crippen LogP contribution in [0.3, 0.4) is 0 Å². The van der Waals surface area contributed by atoms with Gasteiger partial charge in [0.2, 0.25) is 5.91 Å². The number of carbonyl (C=O) groups excluding carboxylic acids is 2. The molecule has 1 atom stereocenters. The monoisotopic (exact) mass is 419 g/mol. The number of carbonyl (C=O) groups is 2. The number of rotatable bonds is 6. The number of pyridine rings is 1. The molecule has 2 N–H and O–H groups in total. The summed E-state index contributed by atoms with van der Waals surface area (Å²) in [5, 5.41) is 10.5. The molecule has 0 fully saturated rings. The van der Waals surface area contributed by atoms with Crippen molar-refractivity contribution in [1.29, 1.82) is 0 Å². The first kappa shape index (κ1) is 22.2. The van der Waals surface area contributed by atoms with E-state index in [1.807, 2.05) is 44.2 Å². The zero-order chi connectivity index (χ0) is 22.6. The molecule has 0 radical (unpaired) electrons. The van der Waals surface area contributed by atoms with Crippen molar-refractivity contribution in [2.45, 2.75) is 46.1 Å². The summed E-state index contributed by atoms with van der Waals surface area (Å²) in [5.41, 5.74) is 1.12. The van der Waals surface area contributed by atoms with Crippen LogP contribution in [0.5, 0.6) is 0 Å². The fourth-order valence-electron chi connectivity index (χ4n) is 3.04. The van der Waals surface area contributed by atoms with Gasteiger partial charge in [-0.15, -0.1) is 0 Å². The molecule has 3 aromatic rings. The third-order valence-electron chi connectivity index (χ3n) is 4.87. The van der Waals surface area contributed by atoms with Crippen molar-refractivity contribution in [2.24, 2.45) is 5.92 Å². The number of nitrogens with zero attached hydrogens (tertiary/aromatic N) is 3. The summed E-state index contributed by atoms with van der Waals surface area (Å²) >= 11 is 0. The number of benzene rings is 1. The molecule has 0 saturated carbocycles. The smallest absolute Gasteiger partial charge is 0.251 e. The van der Waals surface area contributed by atoms with Gasteiger partial charge >= 0.3 is 0 Å². The first-order valence-electron chi connectivity index (χ1n) is 10.4. The van der Waals surface area contributed by atoms with Gasteiger partial charge < -0.3 is 10.6 Å². The maximum absolute atomic E-state index is 13.2. The lowest BCUT2D eigenvalue weighted by Crippen LogP contribution is -2.47. The van der Waals surface area contributed by atoms with E-state index in [4.69, 9.17) is 0 Å². The molecule has 7 nitrogen and oxygen atoms in total. The highest BCUT2D eigenvalue weighted by Gasteiger charge is 2.27. The quantitative estimate of drug-likeness (QED) is 0.633. The van der Waals surface area contributed by atoms with Crippen molar-refractivity contribution < 1.29 is 9.59 Å². The Hall–Kier alpha value is -3.48. The molecule has 1 unspecified atom stereocenters. The zero-order valence-electron chi connectivity index (χ0n) is 18.6. The van der Waals surface area contributed by atoms with Gasteiger partial charge in [0.25, 0.3) is 5.91 Å². The van der Waals surface area contributed by atoms with Crippen LogP contribution in [0, 0.1) is 5.92 Å². The highest BCUT2D eigenvalue weighted by Crippen LogP contribution is 2.26. The minimum Gasteiger partial charge on any atom is -0.340 e. The van der Waals surface area contributed by atoms with Gasteiger partial charge in [0.05, 0.1) is 5.69 Å². The van der Waals surface area contributed by atoms with Gasteiger partial charge in [0.1, 0.15) is 11.9 Å². The third kappa shape index (κ3) is 5.36. The van der Waals surface area contributed by atoms with Gasteiger partial charge in [0, 0.05) is 23.2 Å². The van der Waals surface area contributed by atoms with Gasteiger partial charge in [0.15, 0.2) is 5.82 Å². The Morgan fingerprint density at radius 1 is 1.00 bits per heavy atom. The van der Waals surface area contributed by atoms with E-state index in [9.17, 15) is 9.59 Å². The Morgan fingerprint density at radius 2 is 1.68 bits per heavy atom. The Balaban J connectivity index is 1.88. The molecule has 3 rings (SSSR count). The number of nitrogens with one attached hydrogen (secondary N) is 2. The maximum atomic E-state index is 13.2. The molecular formula is C24H29N5O2. The molecule has 0 aliphatic carbocycles. The van der Waals surface area contributed by atoms with E-state index in [2.05, 4.69) is 41.5 Å². The third-order valence-corrected chi connectivity index (χ3v) is 4.87. The largest absolute Gasteiger partial charge is 0.340 e. The van der Waals surface area contributed by atoms with Crippen LogP contribution in [0.25, 0.3) is 5.82 Å². The lowest BCUT2D eigenvalue weighted by Gasteiger charge is -2.22. The van der Waals surface area contributed by atoms with E-state index in [0.29, 0.717) is 17.2 Å². The zero-order valence-corrected chi connectivity index (χ0v) is 18.6. The molecule has 7 heteroatoms. The van der Waals surface area contributed by atoms with Crippen molar-refractivity contribution in [2.75, 3.05) is 5.32 Å². The normalized spacial score (nSPS) is 12.5. The van der Waals surface area contributed by atoms with E-state index in [-0.39, 0.29) is 23.1 Å². The van der Waals surface area contributed by atoms with Gasteiger partial charge in [-0.1, -0.05) is 58.9 Å². The van der Waals surface area contributed by atoms with Crippen molar-refractivity contribution in [3.8, 4) is 5.82 Å². The SMILES string of the molecule is CC(C)C(NC(=O)c1ccccc1)C(=O)Nc1cc(C(C)(C)C)nn1-c1ccccn1.